The number of nitrogens with zero attached hydrogens (tertiary/aromatic N) is 2. The van der Waals surface area contributed by atoms with Crippen LogP contribution in [0.15, 0.2) is 71.5 Å². The Hall–Kier alpha value is -3.54. The largest absolute Gasteiger partial charge is 0.472 e. The van der Waals surface area contributed by atoms with Crippen molar-refractivity contribution in [3.05, 3.63) is 78.3 Å². The molecule has 6 heteroatoms. The molecule has 31 heavy (non-hydrogen) atoms. The standard InChI is InChI=1S/C25H25N3O3/c29-24(19-7-5-13-27(16-19)25(30)20-12-15-31-17-20)26-21-8-2-4-10-23(21)28-14-11-18-6-1-3-9-22(18)28/h1-4,6,8-10,12,15,17,19H,5,7,11,13-14,16H2,(H,26,29)/t19-/m1/s1. The van der Waals surface area contributed by atoms with Gasteiger partial charge in [-0.1, -0.05) is 30.3 Å². The number of rotatable bonds is 4. The second-order valence-corrected chi connectivity index (χ2v) is 8.14. The summed E-state index contributed by atoms with van der Waals surface area (Å²) in [7, 11) is 0. The molecule has 0 saturated carbocycles. The summed E-state index contributed by atoms with van der Waals surface area (Å²) in [5.41, 5.74) is 4.85. The number of amides is 2. The molecule has 0 spiro atoms. The predicted octanol–water partition coefficient (Wildman–Crippen LogP) is 4.46. The van der Waals surface area contributed by atoms with Crippen molar-refractivity contribution in [1.82, 2.24) is 4.90 Å². The third-order valence-electron chi connectivity index (χ3n) is 6.19. The molecule has 2 amide bonds. The summed E-state index contributed by atoms with van der Waals surface area (Å²) in [6, 6.07) is 18.0. The Morgan fingerprint density at radius 3 is 2.61 bits per heavy atom. The van der Waals surface area contributed by atoms with E-state index in [1.165, 1.54) is 23.8 Å². The Balaban J connectivity index is 1.32. The van der Waals surface area contributed by atoms with Crippen molar-refractivity contribution in [2.45, 2.75) is 19.3 Å². The van der Waals surface area contributed by atoms with Gasteiger partial charge in [-0.25, -0.2) is 0 Å². The third kappa shape index (κ3) is 3.81. The number of piperidine rings is 1. The molecule has 2 aliphatic rings. The molecule has 3 heterocycles. The number of furan rings is 1. The molecule has 5 rings (SSSR count). The van der Waals surface area contributed by atoms with Gasteiger partial charge in [0.25, 0.3) is 5.91 Å². The molecular formula is C25H25N3O3. The van der Waals surface area contributed by atoms with Crippen molar-refractivity contribution in [3.8, 4) is 0 Å². The average molecular weight is 415 g/mol. The van der Waals surface area contributed by atoms with Crippen LogP contribution in [0, 0.1) is 5.92 Å². The van der Waals surface area contributed by atoms with E-state index in [4.69, 9.17) is 4.42 Å². The number of likely N-dealkylation sites (tertiary alicyclic amines) is 1. The Bertz CT molecular complexity index is 1090. The van der Waals surface area contributed by atoms with E-state index in [-0.39, 0.29) is 17.7 Å². The number of hydrogen-bond donors (Lipinski definition) is 1. The molecule has 0 aliphatic carbocycles. The van der Waals surface area contributed by atoms with Gasteiger partial charge < -0.3 is 19.5 Å². The summed E-state index contributed by atoms with van der Waals surface area (Å²) in [5, 5.41) is 3.15. The van der Waals surface area contributed by atoms with E-state index in [0.717, 1.165) is 37.2 Å². The second kappa shape index (κ2) is 8.30. The van der Waals surface area contributed by atoms with Crippen LogP contribution < -0.4 is 10.2 Å². The SMILES string of the molecule is O=C(Nc1ccccc1N1CCc2ccccc21)[C@@H]1CCCN(C(=O)c2ccoc2)C1. The van der Waals surface area contributed by atoms with Gasteiger partial charge in [0, 0.05) is 25.3 Å². The molecule has 1 N–H and O–H groups in total. The molecule has 2 aliphatic heterocycles. The monoisotopic (exact) mass is 415 g/mol. The molecule has 1 atom stereocenters. The first-order valence-corrected chi connectivity index (χ1v) is 10.8. The number of benzene rings is 2. The van der Waals surface area contributed by atoms with E-state index in [1.54, 1.807) is 11.0 Å². The molecule has 0 bridgehead atoms. The minimum Gasteiger partial charge on any atom is -0.472 e. The molecule has 6 nitrogen and oxygen atoms in total. The summed E-state index contributed by atoms with van der Waals surface area (Å²) < 4.78 is 5.04. The molecule has 2 aromatic carbocycles. The van der Waals surface area contributed by atoms with Crippen LogP contribution >= 0.6 is 0 Å². The van der Waals surface area contributed by atoms with E-state index in [2.05, 4.69) is 28.4 Å². The summed E-state index contributed by atoms with van der Waals surface area (Å²) in [4.78, 5) is 29.8. The zero-order chi connectivity index (χ0) is 21.2. The molecule has 3 aromatic rings. The van der Waals surface area contributed by atoms with Gasteiger partial charge in [0.1, 0.15) is 6.26 Å². The lowest BCUT2D eigenvalue weighted by atomic mass is 9.96. The van der Waals surface area contributed by atoms with Crippen molar-refractivity contribution in [2.24, 2.45) is 5.92 Å². The molecule has 0 unspecified atom stereocenters. The molecule has 1 fully saturated rings. The minimum atomic E-state index is -0.233. The number of nitrogens with one attached hydrogen (secondary N) is 1. The van der Waals surface area contributed by atoms with Crippen LogP contribution in [-0.2, 0) is 11.2 Å². The number of fused-ring (bicyclic) bond motifs is 1. The summed E-state index contributed by atoms with van der Waals surface area (Å²) in [5.74, 6) is -0.353. The van der Waals surface area contributed by atoms with Crippen molar-refractivity contribution in [1.29, 1.82) is 0 Å². The maximum atomic E-state index is 13.1. The Kier molecular flexibility index (Phi) is 5.20. The van der Waals surface area contributed by atoms with E-state index >= 15 is 0 Å². The van der Waals surface area contributed by atoms with E-state index < -0.39 is 0 Å². The van der Waals surface area contributed by atoms with Crippen molar-refractivity contribution in [3.63, 3.8) is 0 Å². The number of para-hydroxylation sites is 3. The van der Waals surface area contributed by atoms with Crippen LogP contribution in [0.4, 0.5) is 17.1 Å². The van der Waals surface area contributed by atoms with Crippen LogP contribution in [-0.4, -0.2) is 36.3 Å². The number of carbonyl (C=O) groups excluding carboxylic acids is 2. The third-order valence-corrected chi connectivity index (χ3v) is 6.19. The Labute approximate surface area is 181 Å². The first-order valence-electron chi connectivity index (χ1n) is 10.8. The maximum Gasteiger partial charge on any atom is 0.257 e. The van der Waals surface area contributed by atoms with Gasteiger partial charge in [-0.2, -0.15) is 0 Å². The lowest BCUT2D eigenvalue weighted by Gasteiger charge is -2.32. The normalized spacial score (nSPS) is 18.0. The fraction of sp³-hybridized carbons (Fsp3) is 0.280. The van der Waals surface area contributed by atoms with Crippen LogP contribution in [0.25, 0.3) is 0 Å². The van der Waals surface area contributed by atoms with E-state index in [9.17, 15) is 9.59 Å². The van der Waals surface area contributed by atoms with Crippen LogP contribution in [0.5, 0.6) is 0 Å². The van der Waals surface area contributed by atoms with Gasteiger partial charge in [0.05, 0.1) is 29.1 Å². The first kappa shape index (κ1) is 19.4. The summed E-state index contributed by atoms with van der Waals surface area (Å²) in [6.45, 7) is 1.97. The molecule has 1 saturated heterocycles. The van der Waals surface area contributed by atoms with Gasteiger partial charge in [-0.05, 0) is 49.1 Å². The van der Waals surface area contributed by atoms with Gasteiger partial charge >= 0.3 is 0 Å². The summed E-state index contributed by atoms with van der Waals surface area (Å²) in [6.07, 6.45) is 5.52. The van der Waals surface area contributed by atoms with Gasteiger partial charge in [0.15, 0.2) is 0 Å². The highest BCUT2D eigenvalue weighted by Crippen LogP contribution is 2.38. The second-order valence-electron chi connectivity index (χ2n) is 8.14. The topological polar surface area (TPSA) is 65.8 Å². The van der Waals surface area contributed by atoms with Crippen molar-refractivity contribution < 1.29 is 14.0 Å². The first-order chi connectivity index (χ1) is 15.2. The summed E-state index contributed by atoms with van der Waals surface area (Å²) >= 11 is 0. The van der Waals surface area contributed by atoms with Gasteiger partial charge in [-0.3, -0.25) is 9.59 Å². The number of carbonyl (C=O) groups is 2. The Morgan fingerprint density at radius 2 is 1.77 bits per heavy atom. The highest BCUT2D eigenvalue weighted by atomic mass is 16.3. The quantitative estimate of drug-likeness (QED) is 0.683. The highest BCUT2D eigenvalue weighted by Gasteiger charge is 2.30. The number of hydrogen-bond acceptors (Lipinski definition) is 4. The zero-order valence-corrected chi connectivity index (χ0v) is 17.3. The molecule has 1 aromatic heterocycles. The van der Waals surface area contributed by atoms with Crippen molar-refractivity contribution >= 4 is 28.9 Å². The molecule has 158 valence electrons. The smallest absolute Gasteiger partial charge is 0.257 e. The van der Waals surface area contributed by atoms with Crippen molar-refractivity contribution in [2.75, 3.05) is 29.9 Å². The predicted molar refractivity (Wildman–Crippen MR) is 120 cm³/mol. The Morgan fingerprint density at radius 1 is 0.968 bits per heavy atom. The van der Waals surface area contributed by atoms with Gasteiger partial charge in [-0.15, -0.1) is 0 Å². The fourth-order valence-electron chi connectivity index (χ4n) is 4.58. The lowest BCUT2D eigenvalue weighted by molar-refractivity contribution is -0.121. The fourth-order valence-corrected chi connectivity index (χ4v) is 4.58. The molecule has 0 radical (unpaired) electrons. The van der Waals surface area contributed by atoms with Gasteiger partial charge in [0.2, 0.25) is 5.91 Å². The van der Waals surface area contributed by atoms with Crippen LogP contribution in [0.2, 0.25) is 0 Å². The van der Waals surface area contributed by atoms with Crippen LogP contribution in [0.1, 0.15) is 28.8 Å². The van der Waals surface area contributed by atoms with E-state index in [1.807, 2.05) is 30.3 Å². The number of anilines is 3. The highest BCUT2D eigenvalue weighted by molar-refractivity contribution is 5.98. The minimum absolute atomic E-state index is 0.0374. The van der Waals surface area contributed by atoms with Crippen LogP contribution in [0.3, 0.4) is 0 Å². The molecular weight excluding hydrogens is 390 g/mol. The zero-order valence-electron chi connectivity index (χ0n) is 17.3. The maximum absolute atomic E-state index is 13.1. The van der Waals surface area contributed by atoms with E-state index in [0.29, 0.717) is 18.7 Å². The average Bonchev–Trinajstić information content (AvgIpc) is 3.49. The lowest BCUT2D eigenvalue weighted by Crippen LogP contribution is -2.43.